The maximum Gasteiger partial charge on any atom is 0.344 e. The molecule has 0 aliphatic carbocycles. The summed E-state index contributed by atoms with van der Waals surface area (Å²) in [4.78, 5) is 13.9. The van der Waals surface area contributed by atoms with E-state index in [4.69, 9.17) is 15.2 Å². The number of thiophene rings is 1. The third kappa shape index (κ3) is 4.28. The molecule has 4 nitrogen and oxygen atoms in total. The summed E-state index contributed by atoms with van der Waals surface area (Å²) in [7, 11) is 0. The van der Waals surface area contributed by atoms with Gasteiger partial charge in [-0.1, -0.05) is 6.92 Å². The molecule has 0 atom stereocenters. The van der Waals surface area contributed by atoms with Crippen LogP contribution in [0.4, 0.5) is 5.69 Å². The number of nitrogen functional groups attached to an aromatic ring is 1. The summed E-state index contributed by atoms with van der Waals surface area (Å²) in [5.74, 6) is 0.216. The lowest BCUT2D eigenvalue weighted by Gasteiger charge is -2.06. The zero-order valence-corrected chi connectivity index (χ0v) is 12.1. The fourth-order valence-electron chi connectivity index (χ4n) is 1.59. The average molecular weight is 291 g/mol. The molecule has 0 bridgehead atoms. The van der Waals surface area contributed by atoms with Crippen LogP contribution >= 0.6 is 11.3 Å². The molecule has 1 aromatic carbocycles. The molecule has 2 aromatic rings. The van der Waals surface area contributed by atoms with Gasteiger partial charge in [-0.3, -0.25) is 0 Å². The van der Waals surface area contributed by atoms with Crippen LogP contribution in [0, 0.1) is 0 Å². The third-order valence-electron chi connectivity index (χ3n) is 2.68. The van der Waals surface area contributed by atoms with E-state index >= 15 is 0 Å². The summed E-state index contributed by atoms with van der Waals surface area (Å²) in [6.07, 6.45) is 0.999. The number of nitrogens with two attached hydrogens (primary N) is 1. The quantitative estimate of drug-likeness (QED) is 0.656. The predicted octanol–water partition coefficient (Wildman–Crippen LogP) is 3.01. The second kappa shape index (κ2) is 6.96. The standard InChI is InChI=1S/C15H17NO3S/c1-2-13-7-8-14(20-13)9-19-15(17)10-18-12-5-3-11(16)4-6-12/h3-8H,2,9-10,16H2,1H3. The largest absolute Gasteiger partial charge is 0.482 e. The number of carbonyl (C=O) groups is 1. The zero-order chi connectivity index (χ0) is 14.4. The van der Waals surface area contributed by atoms with Gasteiger partial charge in [-0.2, -0.15) is 0 Å². The number of esters is 1. The number of benzene rings is 1. The minimum Gasteiger partial charge on any atom is -0.482 e. The number of hydrogen-bond acceptors (Lipinski definition) is 5. The first kappa shape index (κ1) is 14.4. The van der Waals surface area contributed by atoms with Gasteiger partial charge in [0.2, 0.25) is 0 Å². The van der Waals surface area contributed by atoms with E-state index in [0.717, 1.165) is 11.3 Å². The van der Waals surface area contributed by atoms with E-state index in [9.17, 15) is 4.79 Å². The van der Waals surface area contributed by atoms with E-state index < -0.39 is 0 Å². The van der Waals surface area contributed by atoms with Crippen molar-refractivity contribution in [3.05, 3.63) is 46.2 Å². The van der Waals surface area contributed by atoms with Gasteiger partial charge in [0, 0.05) is 15.4 Å². The maximum absolute atomic E-state index is 11.6. The fourth-order valence-corrected chi connectivity index (χ4v) is 2.46. The molecule has 0 saturated heterocycles. The highest BCUT2D eigenvalue weighted by atomic mass is 32.1. The highest BCUT2D eigenvalue weighted by Gasteiger charge is 2.06. The number of rotatable bonds is 6. The minimum atomic E-state index is -0.381. The first-order chi connectivity index (χ1) is 9.67. The van der Waals surface area contributed by atoms with Crippen LogP contribution in [0.5, 0.6) is 5.75 Å². The van der Waals surface area contributed by atoms with Gasteiger partial charge in [0.15, 0.2) is 6.61 Å². The Bertz CT molecular complexity index is 563. The van der Waals surface area contributed by atoms with Crippen LogP contribution < -0.4 is 10.5 Å². The second-order valence-electron chi connectivity index (χ2n) is 4.24. The van der Waals surface area contributed by atoms with Crippen molar-refractivity contribution in [2.45, 2.75) is 20.0 Å². The summed E-state index contributed by atoms with van der Waals surface area (Å²) in [6, 6.07) is 10.9. The summed E-state index contributed by atoms with van der Waals surface area (Å²) < 4.78 is 10.5. The average Bonchev–Trinajstić information content (AvgIpc) is 2.92. The van der Waals surface area contributed by atoms with Crippen LogP contribution in [0.1, 0.15) is 16.7 Å². The molecule has 1 heterocycles. The predicted molar refractivity (Wildman–Crippen MR) is 79.8 cm³/mol. The molecule has 2 rings (SSSR count). The second-order valence-corrected chi connectivity index (χ2v) is 5.49. The van der Waals surface area contributed by atoms with Gasteiger partial charge < -0.3 is 15.2 Å². The number of anilines is 1. The molecule has 0 amide bonds. The van der Waals surface area contributed by atoms with Crippen molar-refractivity contribution in [1.29, 1.82) is 0 Å². The number of hydrogen-bond donors (Lipinski definition) is 1. The molecular weight excluding hydrogens is 274 g/mol. The Hall–Kier alpha value is -2.01. The van der Waals surface area contributed by atoms with Crippen LogP contribution in [0.2, 0.25) is 0 Å². The molecule has 0 saturated carbocycles. The normalized spacial score (nSPS) is 10.2. The lowest BCUT2D eigenvalue weighted by Crippen LogP contribution is -2.14. The van der Waals surface area contributed by atoms with Gasteiger partial charge in [-0.05, 0) is 42.8 Å². The summed E-state index contributed by atoms with van der Waals surface area (Å²) >= 11 is 1.66. The lowest BCUT2D eigenvalue weighted by atomic mass is 10.3. The Morgan fingerprint density at radius 3 is 2.50 bits per heavy atom. The van der Waals surface area contributed by atoms with Gasteiger partial charge in [0.05, 0.1) is 0 Å². The van der Waals surface area contributed by atoms with Crippen molar-refractivity contribution in [3.8, 4) is 5.75 Å². The minimum absolute atomic E-state index is 0.101. The smallest absolute Gasteiger partial charge is 0.344 e. The van der Waals surface area contributed by atoms with Crippen LogP contribution in [0.3, 0.4) is 0 Å². The Morgan fingerprint density at radius 2 is 1.85 bits per heavy atom. The van der Waals surface area contributed by atoms with Gasteiger partial charge >= 0.3 is 5.97 Å². The fraction of sp³-hybridized carbons (Fsp3) is 0.267. The first-order valence-electron chi connectivity index (χ1n) is 6.39. The molecule has 0 aliphatic heterocycles. The van der Waals surface area contributed by atoms with E-state index in [0.29, 0.717) is 18.0 Å². The van der Waals surface area contributed by atoms with Crippen molar-refractivity contribution in [3.63, 3.8) is 0 Å². The van der Waals surface area contributed by atoms with Crippen LogP contribution in [0.15, 0.2) is 36.4 Å². The highest BCUT2D eigenvalue weighted by Crippen LogP contribution is 2.18. The van der Waals surface area contributed by atoms with Crippen LogP contribution in [-0.4, -0.2) is 12.6 Å². The highest BCUT2D eigenvalue weighted by molar-refractivity contribution is 7.11. The molecule has 1 aromatic heterocycles. The third-order valence-corrected chi connectivity index (χ3v) is 3.88. The molecule has 0 aliphatic rings. The number of ether oxygens (including phenoxy) is 2. The Balaban J connectivity index is 1.74. The van der Waals surface area contributed by atoms with Crippen molar-refractivity contribution in [2.75, 3.05) is 12.3 Å². The summed E-state index contributed by atoms with van der Waals surface area (Å²) in [5, 5.41) is 0. The molecule has 0 unspecified atom stereocenters. The monoisotopic (exact) mass is 291 g/mol. The number of carbonyl (C=O) groups excluding carboxylic acids is 1. The topological polar surface area (TPSA) is 61.5 Å². The van der Waals surface area contributed by atoms with E-state index in [1.165, 1.54) is 4.88 Å². The molecule has 0 fully saturated rings. The van der Waals surface area contributed by atoms with Crippen molar-refractivity contribution in [1.82, 2.24) is 0 Å². The van der Waals surface area contributed by atoms with E-state index in [1.807, 2.05) is 6.07 Å². The molecule has 0 spiro atoms. The van der Waals surface area contributed by atoms with Gasteiger partial charge in [-0.15, -0.1) is 11.3 Å². The molecule has 5 heteroatoms. The van der Waals surface area contributed by atoms with Crippen LogP contribution in [-0.2, 0) is 22.6 Å². The van der Waals surface area contributed by atoms with Gasteiger partial charge in [0.25, 0.3) is 0 Å². The maximum atomic E-state index is 11.6. The molecule has 0 radical (unpaired) electrons. The lowest BCUT2D eigenvalue weighted by molar-refractivity contribution is -0.147. The Kier molecular flexibility index (Phi) is 5.01. The van der Waals surface area contributed by atoms with E-state index in [2.05, 4.69) is 13.0 Å². The molecule has 106 valence electrons. The zero-order valence-electron chi connectivity index (χ0n) is 11.3. The van der Waals surface area contributed by atoms with Crippen molar-refractivity contribution < 1.29 is 14.3 Å². The van der Waals surface area contributed by atoms with E-state index in [-0.39, 0.29) is 12.6 Å². The molecular formula is C15H17NO3S. The van der Waals surface area contributed by atoms with Crippen molar-refractivity contribution in [2.24, 2.45) is 0 Å². The van der Waals surface area contributed by atoms with E-state index in [1.54, 1.807) is 35.6 Å². The summed E-state index contributed by atoms with van der Waals surface area (Å²) in [6.45, 7) is 2.30. The Morgan fingerprint density at radius 1 is 1.15 bits per heavy atom. The van der Waals surface area contributed by atoms with Gasteiger partial charge in [0.1, 0.15) is 12.4 Å². The number of aryl methyl sites for hydroxylation is 1. The summed E-state index contributed by atoms with van der Waals surface area (Å²) in [5.41, 5.74) is 6.22. The first-order valence-corrected chi connectivity index (χ1v) is 7.20. The van der Waals surface area contributed by atoms with Crippen molar-refractivity contribution >= 4 is 23.0 Å². The molecule has 2 N–H and O–H groups in total. The Labute approximate surface area is 122 Å². The van der Waals surface area contributed by atoms with Crippen LogP contribution in [0.25, 0.3) is 0 Å². The molecule has 20 heavy (non-hydrogen) atoms. The van der Waals surface area contributed by atoms with Gasteiger partial charge in [-0.25, -0.2) is 4.79 Å². The SMILES string of the molecule is CCc1ccc(COC(=O)COc2ccc(N)cc2)s1.